The molecule has 3 heterocycles. The third kappa shape index (κ3) is 4.79. The first kappa shape index (κ1) is 18.3. The lowest BCUT2D eigenvalue weighted by Crippen LogP contribution is -2.44. The van der Waals surface area contributed by atoms with Gasteiger partial charge in [-0.2, -0.15) is 4.68 Å². The third-order valence-corrected chi connectivity index (χ3v) is 4.02. The number of aromatic nitrogens is 5. The van der Waals surface area contributed by atoms with Crippen LogP contribution in [0.2, 0.25) is 0 Å². The molecule has 1 amide bonds. The zero-order valence-electron chi connectivity index (χ0n) is 15.3. The molecule has 2 N–H and O–H groups in total. The van der Waals surface area contributed by atoms with Gasteiger partial charge in [0, 0.05) is 51.0 Å². The van der Waals surface area contributed by atoms with Crippen molar-refractivity contribution in [1.82, 2.24) is 40.1 Å². The van der Waals surface area contributed by atoms with Crippen LogP contribution in [0.3, 0.4) is 0 Å². The fourth-order valence-electron chi connectivity index (χ4n) is 2.74. The molecule has 26 heavy (non-hydrogen) atoms. The van der Waals surface area contributed by atoms with Crippen molar-refractivity contribution < 1.29 is 9.53 Å². The molecule has 3 rings (SSSR count). The summed E-state index contributed by atoms with van der Waals surface area (Å²) in [5.41, 5.74) is 0. The Bertz CT molecular complexity index is 705. The molecule has 0 radical (unpaired) electrons. The molecule has 10 heteroatoms. The largest absolute Gasteiger partial charge is 0.463 e. The second kappa shape index (κ2) is 8.77. The first-order valence-electron chi connectivity index (χ1n) is 8.96. The Balaban J connectivity index is 1.53. The SMILES string of the molecule is CC(C)NC(=O)n1ccc(-n2cnnc2OCCCN2CCNCC2)n1. The van der Waals surface area contributed by atoms with E-state index >= 15 is 0 Å². The van der Waals surface area contributed by atoms with Gasteiger partial charge in [-0.15, -0.1) is 10.2 Å². The Labute approximate surface area is 152 Å². The number of hydrogen-bond acceptors (Lipinski definition) is 7. The minimum atomic E-state index is -0.280. The Morgan fingerprint density at radius 2 is 2.19 bits per heavy atom. The van der Waals surface area contributed by atoms with E-state index in [0.717, 1.165) is 39.1 Å². The van der Waals surface area contributed by atoms with Crippen molar-refractivity contribution >= 4 is 6.03 Å². The lowest BCUT2D eigenvalue weighted by atomic mass is 10.3. The first-order chi connectivity index (χ1) is 12.6. The van der Waals surface area contributed by atoms with Gasteiger partial charge in [0.05, 0.1) is 6.61 Å². The van der Waals surface area contributed by atoms with Crippen LogP contribution in [0.4, 0.5) is 4.79 Å². The van der Waals surface area contributed by atoms with E-state index in [9.17, 15) is 4.79 Å². The predicted molar refractivity (Wildman–Crippen MR) is 95.6 cm³/mol. The van der Waals surface area contributed by atoms with Crippen LogP contribution in [0, 0.1) is 0 Å². The summed E-state index contributed by atoms with van der Waals surface area (Å²) >= 11 is 0. The third-order valence-electron chi connectivity index (χ3n) is 4.02. The summed E-state index contributed by atoms with van der Waals surface area (Å²) in [5, 5.41) is 18.3. The second-order valence-electron chi connectivity index (χ2n) is 6.50. The lowest BCUT2D eigenvalue weighted by Gasteiger charge is -2.26. The van der Waals surface area contributed by atoms with E-state index < -0.39 is 0 Å². The topological polar surface area (TPSA) is 102 Å². The van der Waals surface area contributed by atoms with E-state index in [4.69, 9.17) is 4.74 Å². The van der Waals surface area contributed by atoms with Gasteiger partial charge in [0.25, 0.3) is 0 Å². The molecule has 142 valence electrons. The Hall–Kier alpha value is -2.46. The number of nitrogens with zero attached hydrogens (tertiary/aromatic N) is 6. The van der Waals surface area contributed by atoms with E-state index in [1.54, 1.807) is 16.8 Å². The average Bonchev–Trinajstić information content (AvgIpc) is 3.28. The molecule has 0 aliphatic carbocycles. The highest BCUT2D eigenvalue weighted by Crippen LogP contribution is 2.13. The van der Waals surface area contributed by atoms with Crippen LogP contribution in [-0.2, 0) is 0 Å². The highest BCUT2D eigenvalue weighted by molar-refractivity contribution is 5.76. The van der Waals surface area contributed by atoms with E-state index in [1.165, 1.54) is 11.0 Å². The zero-order chi connectivity index (χ0) is 18.4. The quantitative estimate of drug-likeness (QED) is 0.674. The number of carbonyl (C=O) groups excluding carboxylic acids is 1. The average molecular weight is 362 g/mol. The van der Waals surface area contributed by atoms with Gasteiger partial charge in [0.1, 0.15) is 6.33 Å². The molecule has 1 aliphatic heterocycles. The van der Waals surface area contributed by atoms with E-state index in [1.807, 2.05) is 13.8 Å². The molecule has 1 fully saturated rings. The summed E-state index contributed by atoms with van der Waals surface area (Å²) in [5.74, 6) is 0.533. The molecule has 0 bridgehead atoms. The van der Waals surface area contributed by atoms with Crippen LogP contribution < -0.4 is 15.4 Å². The molecule has 0 spiro atoms. The monoisotopic (exact) mass is 362 g/mol. The number of nitrogens with one attached hydrogen (secondary N) is 2. The smallest absolute Gasteiger partial charge is 0.342 e. The van der Waals surface area contributed by atoms with E-state index in [2.05, 4.69) is 30.8 Å². The Morgan fingerprint density at radius 3 is 2.96 bits per heavy atom. The number of piperazine rings is 1. The van der Waals surface area contributed by atoms with E-state index in [-0.39, 0.29) is 12.1 Å². The van der Waals surface area contributed by atoms with E-state index in [0.29, 0.717) is 18.4 Å². The first-order valence-corrected chi connectivity index (χ1v) is 8.96. The molecule has 0 unspecified atom stereocenters. The molecule has 0 aromatic carbocycles. The van der Waals surface area contributed by atoms with Gasteiger partial charge >= 0.3 is 12.0 Å². The van der Waals surface area contributed by atoms with Gasteiger partial charge in [-0.25, -0.2) is 9.36 Å². The zero-order valence-corrected chi connectivity index (χ0v) is 15.3. The van der Waals surface area contributed by atoms with Crippen LogP contribution in [0.25, 0.3) is 5.82 Å². The minimum absolute atomic E-state index is 0.0413. The van der Waals surface area contributed by atoms with Crippen LogP contribution in [0.15, 0.2) is 18.6 Å². The number of carbonyl (C=O) groups is 1. The summed E-state index contributed by atoms with van der Waals surface area (Å²) in [6.07, 6.45) is 4.04. The predicted octanol–water partition coefficient (Wildman–Crippen LogP) is 0.104. The molecule has 0 saturated carbocycles. The van der Waals surface area contributed by atoms with Gasteiger partial charge in [0.2, 0.25) is 0 Å². The lowest BCUT2D eigenvalue weighted by molar-refractivity contribution is 0.207. The maximum absolute atomic E-state index is 12.0. The highest BCUT2D eigenvalue weighted by atomic mass is 16.5. The molecular weight excluding hydrogens is 336 g/mol. The molecule has 1 aliphatic rings. The van der Waals surface area contributed by atoms with Crippen molar-refractivity contribution in [3.05, 3.63) is 18.6 Å². The maximum atomic E-state index is 12.0. The number of rotatable bonds is 7. The number of ether oxygens (including phenoxy) is 1. The summed E-state index contributed by atoms with van der Waals surface area (Å²) in [6, 6.07) is 1.86. The Kier molecular flexibility index (Phi) is 6.18. The summed E-state index contributed by atoms with van der Waals surface area (Å²) in [7, 11) is 0. The minimum Gasteiger partial charge on any atom is -0.463 e. The maximum Gasteiger partial charge on any atom is 0.342 e. The fourth-order valence-corrected chi connectivity index (χ4v) is 2.74. The van der Waals surface area contributed by atoms with Crippen LogP contribution in [0.1, 0.15) is 20.3 Å². The fraction of sp³-hybridized carbons (Fsp3) is 0.625. The summed E-state index contributed by atoms with van der Waals surface area (Å²) in [4.78, 5) is 14.4. The highest BCUT2D eigenvalue weighted by Gasteiger charge is 2.14. The van der Waals surface area contributed by atoms with Crippen LogP contribution >= 0.6 is 0 Å². The van der Waals surface area contributed by atoms with Crippen molar-refractivity contribution in [2.45, 2.75) is 26.3 Å². The number of hydrogen-bond donors (Lipinski definition) is 2. The molecule has 10 nitrogen and oxygen atoms in total. The summed E-state index contributed by atoms with van der Waals surface area (Å²) < 4.78 is 8.64. The van der Waals surface area contributed by atoms with Crippen molar-refractivity contribution in [3.8, 4) is 11.8 Å². The molecular formula is C16H26N8O2. The Morgan fingerprint density at radius 1 is 1.38 bits per heavy atom. The molecule has 2 aromatic rings. The van der Waals surface area contributed by atoms with Crippen LogP contribution in [-0.4, -0.2) is 80.8 Å². The van der Waals surface area contributed by atoms with Gasteiger partial charge in [-0.3, -0.25) is 0 Å². The van der Waals surface area contributed by atoms with Crippen LogP contribution in [0.5, 0.6) is 6.01 Å². The van der Waals surface area contributed by atoms with Crippen molar-refractivity contribution in [3.63, 3.8) is 0 Å². The van der Waals surface area contributed by atoms with Gasteiger partial charge in [0.15, 0.2) is 5.82 Å². The molecule has 2 aromatic heterocycles. The second-order valence-corrected chi connectivity index (χ2v) is 6.50. The van der Waals surface area contributed by atoms with Crippen molar-refractivity contribution in [2.75, 3.05) is 39.3 Å². The molecule has 1 saturated heterocycles. The molecule has 0 atom stereocenters. The normalized spacial score (nSPS) is 15.3. The van der Waals surface area contributed by atoms with Crippen molar-refractivity contribution in [1.29, 1.82) is 0 Å². The van der Waals surface area contributed by atoms with Gasteiger partial charge < -0.3 is 20.3 Å². The standard InChI is InChI=1S/C16H26N8O2/c1-13(2)19-15(25)24-8-4-14(21-24)23-12-18-20-16(23)26-11-3-7-22-9-5-17-6-10-22/h4,8,12-13,17H,3,5-7,9-11H2,1-2H3,(H,19,25). The summed E-state index contributed by atoms with van der Waals surface area (Å²) in [6.45, 7) is 9.59. The number of amides is 1. The van der Waals surface area contributed by atoms with Gasteiger partial charge in [-0.05, 0) is 20.3 Å². The van der Waals surface area contributed by atoms with Crippen molar-refractivity contribution in [2.24, 2.45) is 0 Å². The van der Waals surface area contributed by atoms with Gasteiger partial charge in [-0.1, -0.05) is 5.10 Å².